The largest absolute Gasteiger partial charge is 0.355 e. The minimum Gasteiger partial charge on any atom is -0.355 e. The van der Waals surface area contributed by atoms with Crippen molar-refractivity contribution in [2.45, 2.75) is 0 Å². The van der Waals surface area contributed by atoms with E-state index in [0.29, 0.717) is 5.56 Å². The number of nitrogens with zero attached hydrogens (tertiary/aromatic N) is 1. The summed E-state index contributed by atoms with van der Waals surface area (Å²) in [6.45, 7) is 0. The predicted octanol–water partition coefficient (Wildman–Crippen LogP) is 2.59. The number of H-pyrrole nitrogens is 1. The molecule has 0 radical (unpaired) electrons. The van der Waals surface area contributed by atoms with Crippen LogP contribution in [0.25, 0.3) is 22.4 Å². The number of rotatable bonds is 2. The summed E-state index contributed by atoms with van der Waals surface area (Å²) in [5.41, 5.74) is 3.43. The minimum atomic E-state index is -0.0991. The highest BCUT2D eigenvalue weighted by molar-refractivity contribution is 5.95. The maximum absolute atomic E-state index is 11.6. The summed E-state index contributed by atoms with van der Waals surface area (Å²) < 4.78 is 0. The normalized spacial score (nSPS) is 10.6. The van der Waals surface area contributed by atoms with Crippen LogP contribution in [0.4, 0.5) is 0 Å². The van der Waals surface area contributed by atoms with Gasteiger partial charge in [0.2, 0.25) is 0 Å². The van der Waals surface area contributed by atoms with Crippen LogP contribution in [0.15, 0.2) is 48.5 Å². The van der Waals surface area contributed by atoms with Gasteiger partial charge in [-0.15, -0.1) is 0 Å². The van der Waals surface area contributed by atoms with Crippen molar-refractivity contribution in [2.24, 2.45) is 0 Å². The lowest BCUT2D eigenvalue weighted by molar-refractivity contribution is 0.0963. The molecule has 0 saturated carbocycles. The van der Waals surface area contributed by atoms with Gasteiger partial charge in [0.15, 0.2) is 0 Å². The molecule has 0 atom stereocenters. The van der Waals surface area contributed by atoms with Gasteiger partial charge in [-0.2, -0.15) is 0 Å². The fraction of sp³-hybridized carbons (Fsp3) is 0.0667. The molecule has 0 aliphatic rings. The van der Waals surface area contributed by atoms with Gasteiger partial charge in [0.05, 0.1) is 11.0 Å². The van der Waals surface area contributed by atoms with Crippen molar-refractivity contribution in [1.82, 2.24) is 15.3 Å². The first kappa shape index (κ1) is 11.5. The summed E-state index contributed by atoms with van der Waals surface area (Å²) in [4.78, 5) is 19.4. The average molecular weight is 251 g/mol. The maximum atomic E-state index is 11.6. The first-order valence-corrected chi connectivity index (χ1v) is 6.05. The Morgan fingerprint density at radius 3 is 2.79 bits per heavy atom. The molecule has 0 unspecified atom stereocenters. The predicted molar refractivity (Wildman–Crippen MR) is 74.9 cm³/mol. The van der Waals surface area contributed by atoms with Crippen LogP contribution < -0.4 is 5.32 Å². The summed E-state index contributed by atoms with van der Waals surface area (Å²) in [6.07, 6.45) is 0. The van der Waals surface area contributed by atoms with Crippen molar-refractivity contribution < 1.29 is 4.79 Å². The summed E-state index contributed by atoms with van der Waals surface area (Å²) in [5.74, 6) is 0.671. The lowest BCUT2D eigenvalue weighted by atomic mass is 10.1. The first-order valence-electron chi connectivity index (χ1n) is 6.05. The molecule has 0 aliphatic carbocycles. The molecule has 1 heterocycles. The van der Waals surface area contributed by atoms with E-state index in [1.165, 1.54) is 0 Å². The van der Waals surface area contributed by atoms with Crippen LogP contribution in [0.3, 0.4) is 0 Å². The number of carbonyl (C=O) groups excluding carboxylic acids is 1. The van der Waals surface area contributed by atoms with E-state index in [9.17, 15) is 4.79 Å². The van der Waals surface area contributed by atoms with E-state index in [-0.39, 0.29) is 5.91 Å². The highest BCUT2D eigenvalue weighted by Gasteiger charge is 2.08. The van der Waals surface area contributed by atoms with Crippen LogP contribution in [-0.2, 0) is 0 Å². The number of benzene rings is 2. The van der Waals surface area contributed by atoms with Gasteiger partial charge in [-0.3, -0.25) is 4.79 Å². The number of carbonyl (C=O) groups is 1. The third-order valence-corrected chi connectivity index (χ3v) is 3.01. The fourth-order valence-corrected chi connectivity index (χ4v) is 2.04. The Kier molecular flexibility index (Phi) is 2.76. The molecule has 1 amide bonds. The Hall–Kier alpha value is -2.62. The molecule has 1 aromatic heterocycles. The van der Waals surface area contributed by atoms with E-state index in [1.807, 2.05) is 42.5 Å². The molecular weight excluding hydrogens is 238 g/mol. The van der Waals surface area contributed by atoms with Gasteiger partial charge in [-0.25, -0.2) is 4.98 Å². The number of imidazole rings is 1. The van der Waals surface area contributed by atoms with Crippen LogP contribution in [-0.4, -0.2) is 22.9 Å². The first-order chi connectivity index (χ1) is 9.28. The van der Waals surface area contributed by atoms with Gasteiger partial charge in [0.1, 0.15) is 5.82 Å². The van der Waals surface area contributed by atoms with Crippen LogP contribution in [0, 0.1) is 0 Å². The van der Waals surface area contributed by atoms with Gasteiger partial charge in [-0.05, 0) is 24.3 Å². The van der Waals surface area contributed by atoms with Crippen molar-refractivity contribution in [2.75, 3.05) is 7.05 Å². The van der Waals surface area contributed by atoms with Gasteiger partial charge >= 0.3 is 0 Å². The van der Waals surface area contributed by atoms with E-state index < -0.39 is 0 Å². The lowest BCUT2D eigenvalue weighted by Crippen LogP contribution is -2.17. The molecule has 0 spiro atoms. The fourth-order valence-electron chi connectivity index (χ4n) is 2.04. The quantitative estimate of drug-likeness (QED) is 0.735. The van der Waals surface area contributed by atoms with Gasteiger partial charge in [-0.1, -0.05) is 24.3 Å². The highest BCUT2D eigenvalue weighted by atomic mass is 16.1. The second-order valence-electron chi connectivity index (χ2n) is 4.26. The summed E-state index contributed by atoms with van der Waals surface area (Å²) in [5, 5.41) is 2.62. The van der Waals surface area contributed by atoms with E-state index in [4.69, 9.17) is 0 Å². The molecule has 0 bridgehead atoms. The number of amides is 1. The second kappa shape index (κ2) is 4.57. The van der Waals surface area contributed by atoms with Crippen LogP contribution in [0.1, 0.15) is 10.4 Å². The van der Waals surface area contributed by atoms with Gasteiger partial charge in [0, 0.05) is 18.2 Å². The molecule has 3 rings (SSSR count). The van der Waals surface area contributed by atoms with E-state index >= 15 is 0 Å². The van der Waals surface area contributed by atoms with Gasteiger partial charge < -0.3 is 10.3 Å². The topological polar surface area (TPSA) is 57.8 Å². The number of hydrogen-bond acceptors (Lipinski definition) is 2. The van der Waals surface area contributed by atoms with Crippen molar-refractivity contribution in [1.29, 1.82) is 0 Å². The number of para-hydroxylation sites is 2. The summed E-state index contributed by atoms with van der Waals surface area (Å²) >= 11 is 0. The monoisotopic (exact) mass is 251 g/mol. The van der Waals surface area contributed by atoms with Crippen molar-refractivity contribution in [3.8, 4) is 11.4 Å². The smallest absolute Gasteiger partial charge is 0.251 e. The molecule has 3 aromatic rings. The third kappa shape index (κ3) is 2.08. The number of aromatic amines is 1. The Balaban J connectivity index is 2.08. The zero-order valence-corrected chi connectivity index (χ0v) is 10.5. The SMILES string of the molecule is CNC(=O)c1cccc(-c2nc3ccccc3[nH]2)c1. The zero-order chi connectivity index (χ0) is 13.2. The zero-order valence-electron chi connectivity index (χ0n) is 10.5. The Morgan fingerprint density at radius 2 is 2.00 bits per heavy atom. The summed E-state index contributed by atoms with van der Waals surface area (Å²) in [6, 6.07) is 15.3. The molecule has 0 fully saturated rings. The van der Waals surface area contributed by atoms with Crippen molar-refractivity contribution in [3.05, 3.63) is 54.1 Å². The Labute approximate surface area is 110 Å². The molecule has 0 saturated heterocycles. The molecule has 0 aliphatic heterocycles. The van der Waals surface area contributed by atoms with Crippen LogP contribution >= 0.6 is 0 Å². The maximum Gasteiger partial charge on any atom is 0.251 e. The van der Waals surface area contributed by atoms with E-state index in [2.05, 4.69) is 15.3 Å². The molecule has 19 heavy (non-hydrogen) atoms. The molecule has 4 heteroatoms. The standard InChI is InChI=1S/C15H13N3O/c1-16-15(19)11-6-4-5-10(9-11)14-17-12-7-2-3-8-13(12)18-14/h2-9H,1H3,(H,16,19)(H,17,18). The number of hydrogen-bond donors (Lipinski definition) is 2. The molecule has 4 nitrogen and oxygen atoms in total. The minimum absolute atomic E-state index is 0.0991. The number of fused-ring (bicyclic) bond motifs is 1. The van der Waals surface area contributed by atoms with Crippen LogP contribution in [0.2, 0.25) is 0 Å². The molecule has 2 aromatic carbocycles. The Morgan fingerprint density at radius 1 is 1.16 bits per heavy atom. The Bertz CT molecular complexity index is 713. The molecule has 94 valence electrons. The third-order valence-electron chi connectivity index (χ3n) is 3.01. The number of aromatic nitrogens is 2. The number of nitrogens with one attached hydrogen (secondary N) is 2. The van der Waals surface area contributed by atoms with Crippen molar-refractivity contribution >= 4 is 16.9 Å². The second-order valence-corrected chi connectivity index (χ2v) is 4.26. The summed E-state index contributed by atoms with van der Waals surface area (Å²) in [7, 11) is 1.62. The molecule has 2 N–H and O–H groups in total. The van der Waals surface area contributed by atoms with Crippen molar-refractivity contribution in [3.63, 3.8) is 0 Å². The van der Waals surface area contributed by atoms with Crippen LogP contribution in [0.5, 0.6) is 0 Å². The molecular formula is C15H13N3O. The average Bonchev–Trinajstić information content (AvgIpc) is 2.90. The van der Waals surface area contributed by atoms with E-state index in [1.54, 1.807) is 13.1 Å². The van der Waals surface area contributed by atoms with Gasteiger partial charge in [0.25, 0.3) is 5.91 Å². The highest BCUT2D eigenvalue weighted by Crippen LogP contribution is 2.21. The van der Waals surface area contributed by atoms with E-state index in [0.717, 1.165) is 22.4 Å². The lowest BCUT2D eigenvalue weighted by Gasteiger charge is -2.01.